The minimum atomic E-state index is -1.16. The molecule has 5 nitrogen and oxygen atoms in total. The Morgan fingerprint density at radius 3 is 2.37 bits per heavy atom. The van der Waals surface area contributed by atoms with Gasteiger partial charge >= 0.3 is 5.97 Å². The van der Waals surface area contributed by atoms with Gasteiger partial charge in [0.25, 0.3) is 0 Å². The van der Waals surface area contributed by atoms with E-state index in [9.17, 15) is 20.1 Å². The van der Waals surface area contributed by atoms with E-state index in [1.54, 1.807) is 0 Å². The number of hydrogen-bond acceptors (Lipinski definition) is 5. The van der Waals surface area contributed by atoms with Crippen LogP contribution in [0.5, 0.6) is 0 Å². The van der Waals surface area contributed by atoms with Crippen molar-refractivity contribution in [1.29, 1.82) is 0 Å². The number of ether oxygens (including phenoxy) is 1. The molecule has 4 saturated carbocycles. The smallest absolute Gasteiger partial charge is 0.303 e. The van der Waals surface area contributed by atoms with E-state index in [1.807, 2.05) is 13.8 Å². The van der Waals surface area contributed by atoms with Crippen LogP contribution in [0.3, 0.4) is 0 Å². The number of carbonyl (C=O) groups excluding carboxylic acids is 1. The summed E-state index contributed by atoms with van der Waals surface area (Å²) in [7, 11) is 0. The average Bonchev–Trinajstić information content (AvgIpc) is 3.10. The van der Waals surface area contributed by atoms with Crippen LogP contribution in [0.15, 0.2) is 0 Å². The minimum Gasteiger partial charge on any atom is -0.460 e. The van der Waals surface area contributed by atoms with E-state index in [1.165, 1.54) is 26.2 Å². The molecule has 4 rings (SSSR count). The molecule has 0 aromatic rings. The summed E-state index contributed by atoms with van der Waals surface area (Å²) < 4.78 is 5.60. The first kappa shape index (κ1) is 27.4. The number of rotatable bonds is 6. The van der Waals surface area contributed by atoms with E-state index in [4.69, 9.17) is 4.74 Å². The van der Waals surface area contributed by atoms with Crippen molar-refractivity contribution in [3.63, 3.8) is 0 Å². The zero-order valence-electron chi connectivity index (χ0n) is 23.3. The second-order valence-electron chi connectivity index (χ2n) is 14.2. The Morgan fingerprint density at radius 1 is 1.03 bits per heavy atom. The highest BCUT2D eigenvalue weighted by Crippen LogP contribution is 2.69. The maximum absolute atomic E-state index is 11.7. The zero-order chi connectivity index (χ0) is 26.0. The van der Waals surface area contributed by atoms with Gasteiger partial charge in [-0.3, -0.25) is 4.79 Å². The fourth-order valence-electron chi connectivity index (χ4n) is 9.77. The largest absolute Gasteiger partial charge is 0.460 e. The summed E-state index contributed by atoms with van der Waals surface area (Å²) in [5.74, 6) is 2.89. The highest BCUT2D eigenvalue weighted by Gasteiger charge is 2.67. The van der Waals surface area contributed by atoms with Crippen molar-refractivity contribution in [3.8, 4) is 0 Å². The molecular weight excluding hydrogens is 440 g/mol. The zero-order valence-corrected chi connectivity index (χ0v) is 23.3. The fourth-order valence-corrected chi connectivity index (χ4v) is 9.77. The quantitative estimate of drug-likeness (QED) is 0.427. The van der Waals surface area contributed by atoms with E-state index < -0.39 is 23.4 Å². The predicted octanol–water partition coefficient (Wildman–Crippen LogP) is 5.49. The third kappa shape index (κ3) is 4.40. The van der Waals surface area contributed by atoms with Crippen LogP contribution < -0.4 is 0 Å². The van der Waals surface area contributed by atoms with Crippen molar-refractivity contribution in [3.05, 3.63) is 0 Å². The molecule has 4 aliphatic rings. The molecule has 0 bridgehead atoms. The summed E-state index contributed by atoms with van der Waals surface area (Å²) in [4.78, 5) is 11.5. The molecule has 3 N–H and O–H groups in total. The van der Waals surface area contributed by atoms with E-state index in [-0.39, 0.29) is 16.8 Å². The van der Waals surface area contributed by atoms with Crippen LogP contribution in [-0.2, 0) is 9.53 Å². The van der Waals surface area contributed by atoms with Gasteiger partial charge in [-0.2, -0.15) is 0 Å². The molecule has 202 valence electrons. The summed E-state index contributed by atoms with van der Waals surface area (Å²) in [6.45, 7) is 14.9. The molecule has 0 radical (unpaired) electrons. The van der Waals surface area contributed by atoms with Gasteiger partial charge in [-0.25, -0.2) is 0 Å². The molecule has 11 atom stereocenters. The van der Waals surface area contributed by atoms with Gasteiger partial charge in [0.1, 0.15) is 5.60 Å². The van der Waals surface area contributed by atoms with Crippen LogP contribution in [0.4, 0.5) is 0 Å². The first-order valence-corrected chi connectivity index (χ1v) is 14.4. The Morgan fingerprint density at radius 2 is 1.71 bits per heavy atom. The van der Waals surface area contributed by atoms with E-state index in [2.05, 4.69) is 27.7 Å². The third-order valence-corrected chi connectivity index (χ3v) is 12.2. The van der Waals surface area contributed by atoms with Crippen LogP contribution in [0.1, 0.15) is 113 Å². The highest BCUT2D eigenvalue weighted by atomic mass is 16.6. The highest BCUT2D eigenvalue weighted by molar-refractivity contribution is 5.66. The topological polar surface area (TPSA) is 87.0 Å². The van der Waals surface area contributed by atoms with Crippen molar-refractivity contribution in [2.45, 2.75) is 136 Å². The minimum absolute atomic E-state index is 0.208. The number of fused-ring (bicyclic) bond motifs is 5. The number of aliphatic hydroxyl groups excluding tert-OH is 2. The molecule has 5 heteroatoms. The standard InChI is InChI=1S/C30H52O5/c1-18(8-9-19(2)27(4,5)35-20(3)31)23-10-11-24-22-16-26(33)30(34)17-21(32)12-15-29(30,7)25(22)13-14-28(23,24)6/h18-19,21-26,32-34H,8-17H2,1-7H3/t18-,19+,21+,22-,23+,24-,25+,26-,28-,29-,30+/m1/s1. The normalized spacial score (nSPS) is 47.3. The van der Waals surface area contributed by atoms with Gasteiger partial charge in [-0.1, -0.05) is 34.1 Å². The molecule has 0 aromatic carbocycles. The van der Waals surface area contributed by atoms with E-state index in [0.717, 1.165) is 32.1 Å². The summed E-state index contributed by atoms with van der Waals surface area (Å²) in [5, 5.41) is 33.2. The van der Waals surface area contributed by atoms with Crippen molar-refractivity contribution >= 4 is 5.97 Å². The van der Waals surface area contributed by atoms with Gasteiger partial charge in [0, 0.05) is 18.8 Å². The predicted molar refractivity (Wildman–Crippen MR) is 137 cm³/mol. The Bertz CT molecular complexity index is 796. The molecule has 0 saturated heterocycles. The Kier molecular flexibility index (Phi) is 7.26. The average molecular weight is 493 g/mol. The van der Waals surface area contributed by atoms with Gasteiger partial charge < -0.3 is 20.1 Å². The van der Waals surface area contributed by atoms with Crippen molar-refractivity contribution in [2.75, 3.05) is 0 Å². The van der Waals surface area contributed by atoms with Crippen LogP contribution >= 0.6 is 0 Å². The summed E-state index contributed by atoms with van der Waals surface area (Å²) >= 11 is 0. The lowest BCUT2D eigenvalue weighted by Gasteiger charge is -2.65. The van der Waals surface area contributed by atoms with Crippen molar-refractivity contribution in [1.82, 2.24) is 0 Å². The molecule has 0 unspecified atom stereocenters. The number of aliphatic hydroxyl groups is 3. The first-order valence-electron chi connectivity index (χ1n) is 14.4. The number of hydrogen-bond donors (Lipinski definition) is 3. The summed E-state index contributed by atoms with van der Waals surface area (Å²) in [5.41, 5.74) is -1.62. The lowest BCUT2D eigenvalue weighted by atomic mass is 9.42. The molecule has 4 aliphatic carbocycles. The number of esters is 1. The van der Waals surface area contributed by atoms with Gasteiger partial charge in [-0.15, -0.1) is 0 Å². The molecule has 35 heavy (non-hydrogen) atoms. The van der Waals surface area contributed by atoms with E-state index in [0.29, 0.717) is 48.3 Å². The number of carbonyl (C=O) groups is 1. The third-order valence-electron chi connectivity index (χ3n) is 12.2. The van der Waals surface area contributed by atoms with Crippen LogP contribution in [0.2, 0.25) is 0 Å². The molecule has 0 heterocycles. The Hall–Kier alpha value is -0.650. The van der Waals surface area contributed by atoms with Gasteiger partial charge in [0.2, 0.25) is 0 Å². The molecule has 0 aromatic heterocycles. The van der Waals surface area contributed by atoms with Crippen LogP contribution in [0, 0.1) is 46.3 Å². The van der Waals surface area contributed by atoms with Gasteiger partial charge in [0.15, 0.2) is 0 Å². The second-order valence-corrected chi connectivity index (χ2v) is 14.2. The van der Waals surface area contributed by atoms with Crippen LogP contribution in [-0.4, -0.2) is 44.7 Å². The van der Waals surface area contributed by atoms with Gasteiger partial charge in [-0.05, 0) is 106 Å². The molecule has 4 fully saturated rings. The molecule has 0 amide bonds. The monoisotopic (exact) mass is 492 g/mol. The maximum Gasteiger partial charge on any atom is 0.303 e. The second kappa shape index (κ2) is 9.27. The van der Waals surface area contributed by atoms with Crippen molar-refractivity contribution in [2.24, 2.45) is 46.3 Å². The lowest BCUT2D eigenvalue weighted by Crippen LogP contribution is -2.68. The van der Waals surface area contributed by atoms with Crippen LogP contribution in [0.25, 0.3) is 0 Å². The van der Waals surface area contributed by atoms with Gasteiger partial charge in [0.05, 0.1) is 17.8 Å². The molecule has 0 aliphatic heterocycles. The van der Waals surface area contributed by atoms with E-state index >= 15 is 0 Å². The molecular formula is C30H52O5. The SMILES string of the molecule is CC(=O)OC(C)(C)[C@@H](C)CC[C@@H](C)[C@@H]1CC[C@@H]2[C@H]3C[C@@H](O)[C@@]4(O)C[C@@H](O)CC[C@]4(C)[C@H]3CC[C@@]21C. The first-order chi connectivity index (χ1) is 16.2. The lowest BCUT2D eigenvalue weighted by molar-refractivity contribution is -0.264. The summed E-state index contributed by atoms with van der Waals surface area (Å²) in [6, 6.07) is 0. The fraction of sp³-hybridized carbons (Fsp3) is 0.967. The molecule has 0 spiro atoms. The maximum atomic E-state index is 11.7. The Balaban J connectivity index is 1.46. The van der Waals surface area contributed by atoms with Crippen molar-refractivity contribution < 1.29 is 24.9 Å². The Labute approximate surface area is 213 Å². The summed E-state index contributed by atoms with van der Waals surface area (Å²) in [6.07, 6.45) is 8.29.